The Morgan fingerprint density at radius 1 is 1.10 bits per heavy atom. The number of primary amides is 1. The topological polar surface area (TPSA) is 108 Å². The molecule has 4 rings (SSSR count). The average Bonchev–Trinajstić information content (AvgIpc) is 3.16. The molecule has 0 atom stereocenters. The van der Waals surface area contributed by atoms with E-state index in [2.05, 4.69) is 17.0 Å². The number of nitrogens with zero attached hydrogens (tertiary/aromatic N) is 5. The molecule has 0 spiro atoms. The van der Waals surface area contributed by atoms with Crippen LogP contribution < -0.4 is 21.9 Å². The van der Waals surface area contributed by atoms with Gasteiger partial charge in [-0.3, -0.25) is 18.7 Å². The number of aromatic nitrogens is 4. The van der Waals surface area contributed by atoms with E-state index >= 15 is 0 Å². The number of carbonyl (C=O) groups is 1. The highest BCUT2D eigenvalue weighted by Gasteiger charge is 2.28. The number of hydrogen-bond acceptors (Lipinski definition) is 5. The summed E-state index contributed by atoms with van der Waals surface area (Å²) in [5, 5.41) is 0. The lowest BCUT2D eigenvalue weighted by Gasteiger charge is -2.31. The van der Waals surface area contributed by atoms with E-state index in [4.69, 9.17) is 10.7 Å². The van der Waals surface area contributed by atoms with Crippen molar-refractivity contribution in [2.75, 3.05) is 18.0 Å². The van der Waals surface area contributed by atoms with Crippen LogP contribution in [0.3, 0.4) is 0 Å². The van der Waals surface area contributed by atoms with E-state index in [9.17, 15) is 14.4 Å². The Hall–Kier alpha value is -3.36. The highest BCUT2D eigenvalue weighted by atomic mass is 16.2. The number of nitrogens with two attached hydrogens (primary N) is 1. The van der Waals surface area contributed by atoms with Crippen molar-refractivity contribution in [1.29, 1.82) is 0 Å². The number of hydrogen-bond donors (Lipinski definition) is 1. The first-order valence-corrected chi connectivity index (χ1v) is 10.6. The van der Waals surface area contributed by atoms with E-state index in [1.54, 1.807) is 7.05 Å². The number of imidazole rings is 1. The standard InChI is InChI=1S/C22H28N6O3/c1-25-19-17(20(30)26(2)22(25)31)28(12-6-9-15-7-4-3-5-8-15)21(24-19)27-13-10-16(11-14-27)18(23)29/h3-5,7-8,16H,6,9-14H2,1-2H3,(H2,23,29). The molecule has 1 fully saturated rings. The van der Waals surface area contributed by atoms with Crippen LogP contribution >= 0.6 is 0 Å². The molecule has 9 heteroatoms. The fraction of sp³-hybridized carbons (Fsp3) is 0.455. The van der Waals surface area contributed by atoms with Crippen LogP contribution in [0.5, 0.6) is 0 Å². The van der Waals surface area contributed by atoms with Gasteiger partial charge in [-0.25, -0.2) is 4.79 Å². The lowest BCUT2D eigenvalue weighted by Crippen LogP contribution is -2.40. The summed E-state index contributed by atoms with van der Waals surface area (Å²) in [6, 6.07) is 10.2. The van der Waals surface area contributed by atoms with Crippen molar-refractivity contribution < 1.29 is 4.79 Å². The van der Waals surface area contributed by atoms with Gasteiger partial charge in [-0.05, 0) is 31.2 Å². The minimum atomic E-state index is -0.398. The number of rotatable bonds is 6. The minimum Gasteiger partial charge on any atom is -0.369 e. The second-order valence-corrected chi connectivity index (χ2v) is 8.19. The van der Waals surface area contributed by atoms with Gasteiger partial charge in [0, 0.05) is 39.6 Å². The molecule has 0 unspecified atom stereocenters. The molecule has 9 nitrogen and oxygen atoms in total. The number of fused-ring (bicyclic) bond motifs is 1. The second-order valence-electron chi connectivity index (χ2n) is 8.19. The van der Waals surface area contributed by atoms with Crippen molar-refractivity contribution in [2.45, 2.75) is 32.2 Å². The lowest BCUT2D eigenvalue weighted by atomic mass is 9.96. The van der Waals surface area contributed by atoms with Crippen LogP contribution in [0.2, 0.25) is 0 Å². The Labute approximate surface area is 179 Å². The van der Waals surface area contributed by atoms with Gasteiger partial charge in [0.25, 0.3) is 5.56 Å². The summed E-state index contributed by atoms with van der Waals surface area (Å²) in [5.41, 5.74) is 6.79. The molecule has 2 N–H and O–H groups in total. The Morgan fingerprint density at radius 2 is 1.77 bits per heavy atom. The quantitative estimate of drug-likeness (QED) is 0.629. The third kappa shape index (κ3) is 3.87. The summed E-state index contributed by atoms with van der Waals surface area (Å²) in [5.74, 6) is 0.265. The van der Waals surface area contributed by atoms with Gasteiger partial charge in [0.15, 0.2) is 11.2 Å². The van der Waals surface area contributed by atoms with Gasteiger partial charge in [0.05, 0.1) is 0 Å². The Bertz CT molecular complexity index is 1220. The summed E-state index contributed by atoms with van der Waals surface area (Å²) in [6.45, 7) is 1.86. The van der Waals surface area contributed by atoms with E-state index in [0.29, 0.717) is 49.6 Å². The Kier molecular flexibility index (Phi) is 5.67. The molecule has 31 heavy (non-hydrogen) atoms. The zero-order chi connectivity index (χ0) is 22.1. The predicted molar refractivity (Wildman–Crippen MR) is 119 cm³/mol. The molecule has 1 saturated heterocycles. The highest BCUT2D eigenvalue weighted by molar-refractivity contribution is 5.77. The monoisotopic (exact) mass is 424 g/mol. The predicted octanol–water partition coefficient (Wildman–Crippen LogP) is 0.768. The number of anilines is 1. The molecule has 0 radical (unpaired) electrons. The van der Waals surface area contributed by atoms with Gasteiger partial charge in [0.1, 0.15) is 0 Å². The van der Waals surface area contributed by atoms with Crippen molar-refractivity contribution in [1.82, 2.24) is 18.7 Å². The van der Waals surface area contributed by atoms with Crippen molar-refractivity contribution >= 4 is 23.0 Å². The lowest BCUT2D eigenvalue weighted by molar-refractivity contribution is -0.122. The van der Waals surface area contributed by atoms with Crippen LogP contribution in [0.4, 0.5) is 5.95 Å². The largest absolute Gasteiger partial charge is 0.369 e. The maximum Gasteiger partial charge on any atom is 0.332 e. The van der Waals surface area contributed by atoms with E-state index in [-0.39, 0.29) is 17.4 Å². The molecule has 1 aliphatic heterocycles. The maximum atomic E-state index is 13.0. The van der Waals surface area contributed by atoms with Gasteiger partial charge >= 0.3 is 5.69 Å². The molecule has 0 bridgehead atoms. The molecular weight excluding hydrogens is 396 g/mol. The average molecular weight is 425 g/mol. The molecule has 0 aliphatic carbocycles. The molecule has 1 amide bonds. The third-order valence-corrected chi connectivity index (χ3v) is 6.20. The molecular formula is C22H28N6O3. The van der Waals surface area contributed by atoms with E-state index in [0.717, 1.165) is 17.4 Å². The summed E-state index contributed by atoms with van der Waals surface area (Å²) < 4.78 is 4.48. The zero-order valence-electron chi connectivity index (χ0n) is 18.0. The van der Waals surface area contributed by atoms with Crippen LogP contribution in [0, 0.1) is 5.92 Å². The van der Waals surface area contributed by atoms with Gasteiger partial charge in [-0.15, -0.1) is 0 Å². The smallest absolute Gasteiger partial charge is 0.332 e. The number of benzene rings is 1. The first-order valence-electron chi connectivity index (χ1n) is 10.6. The zero-order valence-corrected chi connectivity index (χ0v) is 18.0. The van der Waals surface area contributed by atoms with E-state index < -0.39 is 5.69 Å². The first-order chi connectivity index (χ1) is 14.9. The molecule has 164 valence electrons. The molecule has 1 aromatic carbocycles. The number of amides is 1. The van der Waals surface area contributed by atoms with Crippen LogP contribution in [-0.4, -0.2) is 37.7 Å². The van der Waals surface area contributed by atoms with Crippen LogP contribution in [0.15, 0.2) is 39.9 Å². The van der Waals surface area contributed by atoms with Crippen molar-refractivity contribution in [2.24, 2.45) is 25.7 Å². The van der Waals surface area contributed by atoms with Crippen LogP contribution in [0.1, 0.15) is 24.8 Å². The minimum absolute atomic E-state index is 0.135. The molecule has 0 saturated carbocycles. The Morgan fingerprint density at radius 3 is 2.42 bits per heavy atom. The maximum absolute atomic E-state index is 13.0. The van der Waals surface area contributed by atoms with Crippen molar-refractivity contribution in [3.8, 4) is 0 Å². The summed E-state index contributed by atoms with van der Waals surface area (Å²) >= 11 is 0. The van der Waals surface area contributed by atoms with E-state index in [1.807, 2.05) is 22.8 Å². The van der Waals surface area contributed by atoms with Gasteiger partial charge in [-0.1, -0.05) is 30.3 Å². The number of carbonyl (C=O) groups excluding carboxylic acids is 1. The van der Waals surface area contributed by atoms with Crippen LogP contribution in [-0.2, 0) is 31.9 Å². The third-order valence-electron chi connectivity index (χ3n) is 6.20. The highest BCUT2D eigenvalue weighted by Crippen LogP contribution is 2.26. The summed E-state index contributed by atoms with van der Waals surface area (Å²) in [7, 11) is 3.12. The summed E-state index contributed by atoms with van der Waals surface area (Å²) in [4.78, 5) is 43.8. The van der Waals surface area contributed by atoms with Gasteiger partial charge in [0.2, 0.25) is 11.9 Å². The molecule has 1 aliphatic rings. The fourth-order valence-electron chi connectivity index (χ4n) is 4.34. The SMILES string of the molecule is Cn1c(=O)c2c(nc(N3CCC(C(N)=O)CC3)n2CCCc2ccccc2)n(C)c1=O. The van der Waals surface area contributed by atoms with Gasteiger partial charge in [-0.2, -0.15) is 4.98 Å². The summed E-state index contributed by atoms with van der Waals surface area (Å²) in [6.07, 6.45) is 3.00. The molecule has 3 aromatic rings. The fourth-order valence-corrected chi connectivity index (χ4v) is 4.34. The molecule has 2 aromatic heterocycles. The number of piperidine rings is 1. The number of aryl methyl sites for hydroxylation is 3. The van der Waals surface area contributed by atoms with Crippen molar-refractivity contribution in [3.05, 3.63) is 56.7 Å². The van der Waals surface area contributed by atoms with Crippen LogP contribution in [0.25, 0.3) is 11.2 Å². The molecule has 3 heterocycles. The Balaban J connectivity index is 1.72. The van der Waals surface area contributed by atoms with E-state index in [1.165, 1.54) is 17.2 Å². The van der Waals surface area contributed by atoms with Gasteiger partial charge < -0.3 is 15.2 Å². The van der Waals surface area contributed by atoms with Crippen molar-refractivity contribution in [3.63, 3.8) is 0 Å². The second kappa shape index (κ2) is 8.41. The first kappa shape index (κ1) is 20.9. The normalized spacial score (nSPS) is 15.0.